The van der Waals surface area contributed by atoms with E-state index in [0.29, 0.717) is 6.61 Å². The van der Waals surface area contributed by atoms with E-state index in [0.717, 1.165) is 36.0 Å². The molecule has 1 aromatic rings. The molecular formula is C14H27BrN4O. The lowest BCUT2D eigenvalue weighted by Gasteiger charge is -2.39. The van der Waals surface area contributed by atoms with E-state index in [4.69, 9.17) is 10.6 Å². The molecule has 3 N–H and O–H groups in total. The number of halogens is 1. The summed E-state index contributed by atoms with van der Waals surface area (Å²) in [6, 6.07) is -0.0964. The van der Waals surface area contributed by atoms with Crippen molar-refractivity contribution in [2.45, 2.75) is 65.1 Å². The van der Waals surface area contributed by atoms with Gasteiger partial charge < -0.3 is 4.74 Å². The van der Waals surface area contributed by atoms with Gasteiger partial charge in [0, 0.05) is 13.2 Å². The smallest absolute Gasteiger partial charge is 0.0929 e. The van der Waals surface area contributed by atoms with Gasteiger partial charge in [-0.3, -0.25) is 10.5 Å². The number of aryl methyl sites for hydroxylation is 1. The van der Waals surface area contributed by atoms with Crippen molar-refractivity contribution in [3.05, 3.63) is 16.4 Å². The van der Waals surface area contributed by atoms with E-state index >= 15 is 0 Å². The van der Waals surface area contributed by atoms with Crippen LogP contribution < -0.4 is 11.3 Å². The molecule has 5 nitrogen and oxygen atoms in total. The fraction of sp³-hybridized carbons (Fsp3) is 0.786. The first-order chi connectivity index (χ1) is 9.60. The maximum absolute atomic E-state index is 6.09. The van der Waals surface area contributed by atoms with Crippen molar-refractivity contribution in [2.75, 3.05) is 6.61 Å². The lowest BCUT2D eigenvalue weighted by atomic mass is 9.86. The van der Waals surface area contributed by atoms with Crippen LogP contribution in [0, 0.1) is 0 Å². The van der Waals surface area contributed by atoms with Crippen molar-refractivity contribution >= 4 is 15.9 Å². The molecular weight excluding hydrogens is 320 g/mol. The van der Waals surface area contributed by atoms with Crippen LogP contribution in [0.25, 0.3) is 0 Å². The van der Waals surface area contributed by atoms with E-state index in [9.17, 15) is 0 Å². The van der Waals surface area contributed by atoms with Gasteiger partial charge in [0.05, 0.1) is 28.0 Å². The second-order valence-electron chi connectivity index (χ2n) is 4.91. The van der Waals surface area contributed by atoms with Crippen LogP contribution in [0.1, 0.15) is 58.7 Å². The number of aromatic nitrogens is 2. The number of ether oxygens (including phenoxy) is 1. The number of rotatable bonds is 9. The standard InChI is InChI=1S/C14H27BrN4O/c1-5-9-19-12(11(15)10-17-19)13(18-16)14(6-2,7-3)20-8-4/h10,13,18H,5-9,16H2,1-4H3. The number of hydrogen-bond acceptors (Lipinski definition) is 4. The fourth-order valence-electron chi connectivity index (χ4n) is 2.76. The Morgan fingerprint density at radius 3 is 2.50 bits per heavy atom. The number of hydrogen-bond donors (Lipinski definition) is 2. The summed E-state index contributed by atoms with van der Waals surface area (Å²) < 4.78 is 9.07. The van der Waals surface area contributed by atoms with Crippen LogP contribution in [0.5, 0.6) is 0 Å². The van der Waals surface area contributed by atoms with Crippen LogP contribution >= 0.6 is 15.9 Å². The first-order valence-corrected chi connectivity index (χ1v) is 8.20. The predicted octanol–water partition coefficient (Wildman–Crippen LogP) is 3.16. The zero-order valence-electron chi connectivity index (χ0n) is 12.9. The molecule has 1 aromatic heterocycles. The predicted molar refractivity (Wildman–Crippen MR) is 85.2 cm³/mol. The van der Waals surface area contributed by atoms with Gasteiger partial charge in [0.2, 0.25) is 0 Å². The summed E-state index contributed by atoms with van der Waals surface area (Å²) in [5.74, 6) is 5.87. The Labute approximate surface area is 130 Å². The van der Waals surface area contributed by atoms with E-state index in [-0.39, 0.29) is 11.6 Å². The van der Waals surface area contributed by atoms with E-state index < -0.39 is 0 Å². The largest absolute Gasteiger partial charge is 0.373 e. The highest BCUT2D eigenvalue weighted by atomic mass is 79.9. The molecule has 0 saturated heterocycles. The van der Waals surface area contributed by atoms with Gasteiger partial charge in [-0.1, -0.05) is 20.8 Å². The summed E-state index contributed by atoms with van der Waals surface area (Å²) in [6.45, 7) is 9.97. The number of nitrogens with two attached hydrogens (primary N) is 1. The summed E-state index contributed by atoms with van der Waals surface area (Å²) in [7, 11) is 0. The molecule has 0 radical (unpaired) electrons. The third-order valence-corrected chi connectivity index (χ3v) is 4.47. The molecule has 0 aliphatic heterocycles. The van der Waals surface area contributed by atoms with E-state index in [2.05, 4.69) is 47.2 Å². The quantitative estimate of drug-likeness (QED) is 0.532. The molecule has 0 spiro atoms. The Hall–Kier alpha value is -0.430. The molecule has 0 aromatic carbocycles. The van der Waals surface area contributed by atoms with Crippen LogP contribution in [-0.2, 0) is 11.3 Å². The summed E-state index contributed by atoms with van der Waals surface area (Å²) in [6.07, 6.45) is 4.63. The lowest BCUT2D eigenvalue weighted by molar-refractivity contribution is -0.0754. The molecule has 0 fully saturated rings. The topological polar surface area (TPSA) is 65.1 Å². The van der Waals surface area contributed by atoms with Gasteiger partial charge in [-0.25, -0.2) is 5.43 Å². The number of hydrazine groups is 1. The number of nitrogens with zero attached hydrogens (tertiary/aromatic N) is 2. The Bertz CT molecular complexity index is 404. The van der Waals surface area contributed by atoms with Crippen LogP contribution in [0.4, 0.5) is 0 Å². The average Bonchev–Trinajstić information content (AvgIpc) is 2.81. The third-order valence-electron chi connectivity index (χ3n) is 3.86. The van der Waals surface area contributed by atoms with Crippen LogP contribution in [0.2, 0.25) is 0 Å². The molecule has 0 aliphatic carbocycles. The van der Waals surface area contributed by atoms with E-state index in [1.54, 1.807) is 0 Å². The Morgan fingerprint density at radius 2 is 2.05 bits per heavy atom. The maximum Gasteiger partial charge on any atom is 0.0929 e. The summed E-state index contributed by atoms with van der Waals surface area (Å²) in [5.41, 5.74) is 3.70. The SMILES string of the molecule is CCCn1ncc(Br)c1C(NN)C(CC)(CC)OCC. The molecule has 6 heteroatoms. The van der Waals surface area contributed by atoms with Gasteiger partial charge in [0.15, 0.2) is 0 Å². The van der Waals surface area contributed by atoms with Crippen molar-refractivity contribution in [1.29, 1.82) is 0 Å². The van der Waals surface area contributed by atoms with Crippen molar-refractivity contribution in [2.24, 2.45) is 5.84 Å². The van der Waals surface area contributed by atoms with Crippen LogP contribution in [0.3, 0.4) is 0 Å². The average molecular weight is 347 g/mol. The van der Waals surface area contributed by atoms with Crippen molar-refractivity contribution in [3.63, 3.8) is 0 Å². The van der Waals surface area contributed by atoms with Crippen molar-refractivity contribution in [1.82, 2.24) is 15.2 Å². The van der Waals surface area contributed by atoms with Crippen molar-refractivity contribution < 1.29 is 4.74 Å². The molecule has 1 rings (SSSR count). The fourth-order valence-corrected chi connectivity index (χ4v) is 3.29. The molecule has 1 heterocycles. The highest BCUT2D eigenvalue weighted by Gasteiger charge is 2.40. The maximum atomic E-state index is 6.09. The molecule has 1 unspecified atom stereocenters. The molecule has 116 valence electrons. The molecule has 20 heavy (non-hydrogen) atoms. The second kappa shape index (κ2) is 8.12. The highest BCUT2D eigenvalue weighted by molar-refractivity contribution is 9.10. The van der Waals surface area contributed by atoms with Crippen molar-refractivity contribution in [3.8, 4) is 0 Å². The van der Waals surface area contributed by atoms with E-state index in [1.807, 2.05) is 17.8 Å². The minimum absolute atomic E-state index is 0.0964. The Morgan fingerprint density at radius 1 is 1.40 bits per heavy atom. The van der Waals surface area contributed by atoms with E-state index in [1.165, 1.54) is 0 Å². The Kier molecular flexibility index (Phi) is 7.15. The van der Waals surface area contributed by atoms with Crippen LogP contribution in [0.15, 0.2) is 10.7 Å². The van der Waals surface area contributed by atoms with Gasteiger partial charge >= 0.3 is 0 Å². The summed E-state index contributed by atoms with van der Waals surface area (Å²) in [4.78, 5) is 0. The molecule has 0 saturated carbocycles. The monoisotopic (exact) mass is 346 g/mol. The zero-order valence-corrected chi connectivity index (χ0v) is 14.5. The Balaban J connectivity index is 3.25. The summed E-state index contributed by atoms with van der Waals surface area (Å²) in [5, 5.41) is 4.44. The van der Waals surface area contributed by atoms with Crippen LogP contribution in [-0.4, -0.2) is 22.0 Å². The van der Waals surface area contributed by atoms with Gasteiger partial charge in [0.1, 0.15) is 0 Å². The zero-order chi connectivity index (χ0) is 15.2. The minimum atomic E-state index is -0.322. The first kappa shape index (κ1) is 17.6. The lowest BCUT2D eigenvalue weighted by Crippen LogP contribution is -2.49. The number of nitrogens with one attached hydrogen (secondary N) is 1. The summed E-state index contributed by atoms with van der Waals surface area (Å²) >= 11 is 3.60. The minimum Gasteiger partial charge on any atom is -0.373 e. The second-order valence-corrected chi connectivity index (χ2v) is 5.76. The van der Waals surface area contributed by atoms with Gasteiger partial charge in [-0.2, -0.15) is 5.10 Å². The molecule has 0 amide bonds. The van der Waals surface area contributed by atoms with Gasteiger partial charge in [0.25, 0.3) is 0 Å². The molecule has 0 bridgehead atoms. The third kappa shape index (κ3) is 3.42. The normalized spacial score (nSPS) is 13.7. The molecule has 0 aliphatic rings. The first-order valence-electron chi connectivity index (χ1n) is 7.41. The van der Waals surface area contributed by atoms with Gasteiger partial charge in [-0.05, 0) is 42.1 Å². The van der Waals surface area contributed by atoms with Gasteiger partial charge in [-0.15, -0.1) is 0 Å². The highest BCUT2D eigenvalue weighted by Crippen LogP contribution is 2.38. The molecule has 1 atom stereocenters.